The second-order valence-electron chi connectivity index (χ2n) is 5.64. The predicted molar refractivity (Wildman–Crippen MR) is 80.5 cm³/mol. The highest BCUT2D eigenvalue weighted by Gasteiger charge is 2.21. The molecule has 19 heavy (non-hydrogen) atoms. The van der Waals surface area contributed by atoms with Crippen molar-refractivity contribution in [3.05, 3.63) is 23.8 Å². The summed E-state index contributed by atoms with van der Waals surface area (Å²) in [7, 11) is 0. The molecule has 1 aromatic carbocycles. The van der Waals surface area contributed by atoms with Gasteiger partial charge in [-0.25, -0.2) is 0 Å². The summed E-state index contributed by atoms with van der Waals surface area (Å²) >= 11 is 0. The molecule has 3 nitrogen and oxygen atoms in total. The Kier molecular flexibility index (Phi) is 4.46. The Hall–Kier alpha value is -1.51. The van der Waals surface area contributed by atoms with E-state index < -0.39 is 0 Å². The molecule has 3 heteroatoms. The fourth-order valence-electron chi connectivity index (χ4n) is 2.72. The molecular formula is C16H24N2O. The summed E-state index contributed by atoms with van der Waals surface area (Å²) in [6, 6.07) is 6.63. The lowest BCUT2D eigenvalue weighted by Gasteiger charge is -2.18. The van der Waals surface area contributed by atoms with Crippen molar-refractivity contribution in [3.8, 4) is 0 Å². The van der Waals surface area contributed by atoms with Crippen molar-refractivity contribution >= 4 is 17.3 Å². The summed E-state index contributed by atoms with van der Waals surface area (Å²) in [5, 5.41) is 6.57. The zero-order valence-corrected chi connectivity index (χ0v) is 12.1. The van der Waals surface area contributed by atoms with Gasteiger partial charge in [0.25, 0.3) is 0 Å². The Bertz CT molecular complexity index is 456. The zero-order valence-electron chi connectivity index (χ0n) is 12.1. The van der Waals surface area contributed by atoms with Crippen molar-refractivity contribution < 1.29 is 4.79 Å². The zero-order chi connectivity index (χ0) is 13.8. The minimum absolute atomic E-state index is 0.0646. The molecule has 1 aliphatic rings. The van der Waals surface area contributed by atoms with Gasteiger partial charge >= 0.3 is 0 Å². The molecule has 2 unspecified atom stereocenters. The van der Waals surface area contributed by atoms with Crippen molar-refractivity contribution in [2.45, 2.75) is 52.5 Å². The number of hydrogen-bond acceptors (Lipinski definition) is 2. The van der Waals surface area contributed by atoms with Gasteiger partial charge in [-0.15, -0.1) is 0 Å². The van der Waals surface area contributed by atoms with Crippen LogP contribution in [0.15, 0.2) is 18.2 Å². The highest BCUT2D eigenvalue weighted by molar-refractivity contribution is 5.92. The SMILES string of the molecule is CCC(=O)Nc1cccc(NC2CCC(C)C2)c1C. The number of carbonyl (C=O) groups excluding carboxylic acids is 1. The lowest BCUT2D eigenvalue weighted by molar-refractivity contribution is -0.115. The molecule has 104 valence electrons. The van der Waals surface area contributed by atoms with E-state index in [1.54, 1.807) is 0 Å². The first-order valence-corrected chi connectivity index (χ1v) is 7.26. The molecule has 0 heterocycles. The number of nitrogens with one attached hydrogen (secondary N) is 2. The summed E-state index contributed by atoms with van der Waals surface area (Å²) in [6.07, 6.45) is 4.30. The van der Waals surface area contributed by atoms with Gasteiger partial charge in [0, 0.05) is 23.8 Å². The average molecular weight is 260 g/mol. The number of benzene rings is 1. The van der Waals surface area contributed by atoms with Crippen molar-refractivity contribution in [3.63, 3.8) is 0 Å². The summed E-state index contributed by atoms with van der Waals surface area (Å²) < 4.78 is 0. The van der Waals surface area contributed by atoms with Crippen molar-refractivity contribution in [1.29, 1.82) is 0 Å². The smallest absolute Gasteiger partial charge is 0.224 e. The third kappa shape index (κ3) is 3.49. The maximum atomic E-state index is 11.5. The first-order chi connectivity index (χ1) is 9.10. The van der Waals surface area contributed by atoms with Crippen LogP contribution in [0.4, 0.5) is 11.4 Å². The largest absolute Gasteiger partial charge is 0.382 e. The Morgan fingerprint density at radius 2 is 2.05 bits per heavy atom. The van der Waals surface area contributed by atoms with E-state index in [4.69, 9.17) is 0 Å². The van der Waals surface area contributed by atoms with Crippen LogP contribution in [0.25, 0.3) is 0 Å². The van der Waals surface area contributed by atoms with Crippen LogP contribution in [-0.4, -0.2) is 11.9 Å². The van der Waals surface area contributed by atoms with Crippen molar-refractivity contribution in [2.24, 2.45) is 5.92 Å². The molecule has 1 aromatic rings. The number of rotatable bonds is 4. The molecule has 0 spiro atoms. The fourth-order valence-corrected chi connectivity index (χ4v) is 2.72. The molecule has 0 saturated heterocycles. The highest BCUT2D eigenvalue weighted by atomic mass is 16.1. The second-order valence-corrected chi connectivity index (χ2v) is 5.64. The average Bonchev–Trinajstić information content (AvgIpc) is 2.79. The van der Waals surface area contributed by atoms with E-state index >= 15 is 0 Å². The van der Waals surface area contributed by atoms with Crippen LogP contribution in [0.3, 0.4) is 0 Å². The van der Waals surface area contributed by atoms with Gasteiger partial charge in [0.05, 0.1) is 0 Å². The van der Waals surface area contributed by atoms with Crippen LogP contribution in [0, 0.1) is 12.8 Å². The van der Waals surface area contributed by atoms with E-state index in [0.717, 1.165) is 22.9 Å². The molecule has 0 aliphatic heterocycles. The number of amides is 1. The van der Waals surface area contributed by atoms with Crippen molar-refractivity contribution in [1.82, 2.24) is 0 Å². The highest BCUT2D eigenvalue weighted by Crippen LogP contribution is 2.30. The predicted octanol–water partition coefficient (Wildman–Crippen LogP) is 3.94. The van der Waals surface area contributed by atoms with Crippen LogP contribution in [0.5, 0.6) is 0 Å². The van der Waals surface area contributed by atoms with Crippen LogP contribution in [0.1, 0.15) is 45.1 Å². The first kappa shape index (κ1) is 13.9. The van der Waals surface area contributed by atoms with Gasteiger partial charge in [-0.1, -0.05) is 19.9 Å². The van der Waals surface area contributed by atoms with E-state index in [2.05, 4.69) is 30.5 Å². The standard InChI is InChI=1S/C16H24N2O/c1-4-16(19)18-15-7-5-6-14(12(15)3)17-13-9-8-11(2)10-13/h5-7,11,13,17H,4,8-10H2,1-3H3,(H,18,19). The van der Waals surface area contributed by atoms with Crippen LogP contribution < -0.4 is 10.6 Å². The summed E-state index contributed by atoms with van der Waals surface area (Å²) in [5.74, 6) is 0.885. The van der Waals surface area contributed by atoms with Gasteiger partial charge in [0.2, 0.25) is 5.91 Å². The Labute approximate surface area is 115 Å². The Morgan fingerprint density at radius 3 is 2.68 bits per heavy atom. The van der Waals surface area contributed by atoms with Gasteiger partial charge in [0.1, 0.15) is 0 Å². The summed E-state index contributed by atoms with van der Waals surface area (Å²) in [5.41, 5.74) is 3.19. The molecule has 1 amide bonds. The molecule has 0 bridgehead atoms. The molecule has 2 rings (SSSR count). The molecule has 2 N–H and O–H groups in total. The molecular weight excluding hydrogens is 236 g/mol. The quantitative estimate of drug-likeness (QED) is 0.860. The Morgan fingerprint density at radius 1 is 1.32 bits per heavy atom. The van der Waals surface area contributed by atoms with E-state index in [0.29, 0.717) is 12.5 Å². The summed E-state index contributed by atoms with van der Waals surface area (Å²) in [4.78, 5) is 11.5. The van der Waals surface area contributed by atoms with Gasteiger partial charge in [0.15, 0.2) is 0 Å². The lowest BCUT2D eigenvalue weighted by Crippen LogP contribution is -2.17. The van der Waals surface area contributed by atoms with Gasteiger partial charge in [-0.2, -0.15) is 0 Å². The minimum atomic E-state index is 0.0646. The normalized spacial score (nSPS) is 22.3. The molecule has 0 aromatic heterocycles. The maximum Gasteiger partial charge on any atom is 0.224 e. The fraction of sp³-hybridized carbons (Fsp3) is 0.562. The Balaban J connectivity index is 2.08. The van der Waals surface area contributed by atoms with Crippen LogP contribution >= 0.6 is 0 Å². The van der Waals surface area contributed by atoms with Crippen LogP contribution in [0.2, 0.25) is 0 Å². The lowest BCUT2D eigenvalue weighted by atomic mass is 10.1. The topological polar surface area (TPSA) is 41.1 Å². The molecule has 1 saturated carbocycles. The minimum Gasteiger partial charge on any atom is -0.382 e. The maximum absolute atomic E-state index is 11.5. The monoisotopic (exact) mass is 260 g/mol. The van der Waals surface area contributed by atoms with Gasteiger partial charge < -0.3 is 10.6 Å². The van der Waals surface area contributed by atoms with Gasteiger partial charge in [-0.3, -0.25) is 4.79 Å². The van der Waals surface area contributed by atoms with E-state index in [9.17, 15) is 4.79 Å². The molecule has 1 aliphatic carbocycles. The molecule has 0 radical (unpaired) electrons. The first-order valence-electron chi connectivity index (χ1n) is 7.26. The number of hydrogen-bond donors (Lipinski definition) is 2. The van der Waals surface area contributed by atoms with Crippen LogP contribution in [-0.2, 0) is 4.79 Å². The number of anilines is 2. The molecule has 2 atom stereocenters. The van der Waals surface area contributed by atoms with E-state index in [1.807, 2.05) is 19.1 Å². The van der Waals surface area contributed by atoms with Crippen molar-refractivity contribution in [2.75, 3.05) is 10.6 Å². The van der Waals surface area contributed by atoms with E-state index in [1.165, 1.54) is 19.3 Å². The number of carbonyl (C=O) groups is 1. The second kappa shape index (κ2) is 6.09. The third-order valence-corrected chi connectivity index (χ3v) is 3.98. The van der Waals surface area contributed by atoms with E-state index in [-0.39, 0.29) is 5.91 Å². The summed E-state index contributed by atoms with van der Waals surface area (Å²) in [6.45, 7) is 6.24. The molecule has 1 fully saturated rings. The third-order valence-electron chi connectivity index (χ3n) is 3.98. The van der Waals surface area contributed by atoms with Gasteiger partial charge in [-0.05, 0) is 49.8 Å².